The Balaban J connectivity index is 1.73. The molecule has 31 heavy (non-hydrogen) atoms. The number of H-pyrrole nitrogens is 1. The first kappa shape index (κ1) is 23.0. The van der Waals surface area contributed by atoms with Gasteiger partial charge in [-0.3, -0.25) is 9.59 Å². The highest BCUT2D eigenvalue weighted by Crippen LogP contribution is 2.24. The van der Waals surface area contributed by atoms with Crippen molar-refractivity contribution in [1.29, 1.82) is 0 Å². The third-order valence-electron chi connectivity index (χ3n) is 4.35. The Morgan fingerprint density at radius 1 is 1.26 bits per heavy atom. The van der Waals surface area contributed by atoms with Crippen molar-refractivity contribution in [2.45, 2.75) is 28.8 Å². The van der Waals surface area contributed by atoms with Crippen LogP contribution in [0.15, 0.2) is 62.3 Å². The van der Waals surface area contributed by atoms with E-state index >= 15 is 0 Å². The number of aromatic nitrogens is 2. The van der Waals surface area contributed by atoms with Crippen molar-refractivity contribution in [3.8, 4) is 0 Å². The van der Waals surface area contributed by atoms with Gasteiger partial charge >= 0.3 is 0 Å². The molecule has 162 valence electrons. The minimum absolute atomic E-state index is 0.0713. The highest BCUT2D eigenvalue weighted by Gasteiger charge is 2.23. The molecular formula is C20H17ClFN3O4S2. The van der Waals surface area contributed by atoms with Gasteiger partial charge in [-0.05, 0) is 55.3 Å². The van der Waals surface area contributed by atoms with E-state index in [2.05, 4.69) is 15.3 Å². The molecule has 1 heterocycles. The molecule has 2 N–H and O–H groups in total. The minimum Gasteiger partial charge on any atom is -0.325 e. The summed E-state index contributed by atoms with van der Waals surface area (Å²) in [6.07, 6.45) is 0.925. The van der Waals surface area contributed by atoms with Gasteiger partial charge in [0.1, 0.15) is 5.82 Å². The van der Waals surface area contributed by atoms with Crippen LogP contribution in [0.25, 0.3) is 0 Å². The molecule has 0 aliphatic rings. The Morgan fingerprint density at radius 2 is 2.00 bits per heavy atom. The summed E-state index contributed by atoms with van der Waals surface area (Å²) >= 11 is 6.96. The largest absolute Gasteiger partial charge is 0.325 e. The van der Waals surface area contributed by atoms with E-state index in [1.54, 1.807) is 25.1 Å². The number of nitrogens with one attached hydrogen (secondary N) is 2. The maximum absolute atomic E-state index is 13.4. The van der Waals surface area contributed by atoms with E-state index in [1.807, 2.05) is 0 Å². The summed E-state index contributed by atoms with van der Waals surface area (Å²) in [6.45, 7) is 3.19. The van der Waals surface area contributed by atoms with Gasteiger partial charge in [0, 0.05) is 10.7 Å². The van der Waals surface area contributed by atoms with E-state index in [4.69, 9.17) is 11.6 Å². The molecule has 0 fully saturated rings. The van der Waals surface area contributed by atoms with Crippen LogP contribution < -0.4 is 10.9 Å². The van der Waals surface area contributed by atoms with Crippen LogP contribution in [-0.2, 0) is 14.6 Å². The van der Waals surface area contributed by atoms with Gasteiger partial charge in [-0.2, -0.15) is 0 Å². The van der Waals surface area contributed by atoms with Gasteiger partial charge in [-0.25, -0.2) is 17.8 Å². The van der Waals surface area contributed by atoms with Crippen molar-refractivity contribution in [1.82, 2.24) is 9.97 Å². The lowest BCUT2D eigenvalue weighted by molar-refractivity contribution is -0.113. The Morgan fingerprint density at radius 3 is 2.68 bits per heavy atom. The average Bonchev–Trinajstić information content (AvgIpc) is 2.71. The molecule has 0 spiro atoms. The number of nitrogens with zero attached hydrogens (tertiary/aromatic N) is 1. The topological polar surface area (TPSA) is 109 Å². The lowest BCUT2D eigenvalue weighted by atomic mass is 10.2. The Labute approximate surface area is 187 Å². The van der Waals surface area contributed by atoms with E-state index in [0.29, 0.717) is 10.7 Å². The molecule has 0 unspecified atom stereocenters. The van der Waals surface area contributed by atoms with Gasteiger partial charge in [0.05, 0.1) is 16.8 Å². The summed E-state index contributed by atoms with van der Waals surface area (Å²) in [5, 5.41) is 3.31. The fourth-order valence-corrected chi connectivity index (χ4v) is 4.73. The van der Waals surface area contributed by atoms with Crippen LogP contribution in [0.2, 0.25) is 5.02 Å². The van der Waals surface area contributed by atoms with Gasteiger partial charge in [0.15, 0.2) is 10.1 Å². The van der Waals surface area contributed by atoms with E-state index in [9.17, 15) is 22.4 Å². The van der Waals surface area contributed by atoms with Gasteiger partial charge in [0.25, 0.3) is 5.56 Å². The number of sulfone groups is 1. The molecular weight excluding hydrogens is 465 g/mol. The summed E-state index contributed by atoms with van der Waals surface area (Å²) in [4.78, 5) is 30.0. The summed E-state index contributed by atoms with van der Waals surface area (Å²) in [5.74, 6) is -0.974. The molecule has 11 heteroatoms. The van der Waals surface area contributed by atoms with Crippen LogP contribution in [0.3, 0.4) is 0 Å². The zero-order chi connectivity index (χ0) is 22.8. The van der Waals surface area contributed by atoms with Crippen LogP contribution in [0.1, 0.15) is 11.1 Å². The predicted octanol–water partition coefficient (Wildman–Crippen LogP) is 3.74. The second-order valence-corrected chi connectivity index (χ2v) is 9.83. The Bertz CT molecular complexity index is 1330. The zero-order valence-corrected chi connectivity index (χ0v) is 18.8. The number of hydrogen-bond acceptors (Lipinski definition) is 6. The molecule has 1 amide bonds. The number of hydrogen-bond donors (Lipinski definition) is 2. The van der Waals surface area contributed by atoms with Crippen molar-refractivity contribution in [3.05, 3.63) is 74.9 Å². The van der Waals surface area contributed by atoms with E-state index in [-0.39, 0.29) is 27.3 Å². The molecule has 3 rings (SSSR count). The van der Waals surface area contributed by atoms with Crippen LogP contribution in [-0.4, -0.2) is 30.0 Å². The van der Waals surface area contributed by atoms with Crippen molar-refractivity contribution >= 4 is 44.8 Å². The summed E-state index contributed by atoms with van der Waals surface area (Å²) in [7, 11) is -4.18. The molecule has 0 saturated heterocycles. The van der Waals surface area contributed by atoms with E-state index < -0.39 is 26.1 Å². The number of amides is 1. The third-order valence-corrected chi connectivity index (χ3v) is 7.40. The first-order chi connectivity index (χ1) is 14.6. The molecule has 0 bridgehead atoms. The van der Waals surface area contributed by atoms with Gasteiger partial charge in [-0.15, -0.1) is 0 Å². The Kier molecular flexibility index (Phi) is 6.83. The number of carbonyl (C=O) groups excluding carboxylic acids is 1. The molecule has 7 nitrogen and oxygen atoms in total. The number of rotatable bonds is 6. The summed E-state index contributed by atoms with van der Waals surface area (Å²) in [6, 6.07) is 8.38. The maximum Gasteiger partial charge on any atom is 0.270 e. The lowest BCUT2D eigenvalue weighted by Gasteiger charge is -2.09. The minimum atomic E-state index is -4.18. The number of aryl methyl sites for hydroxylation is 1. The number of anilines is 1. The molecule has 3 aromatic rings. The summed E-state index contributed by atoms with van der Waals surface area (Å²) < 4.78 is 38.8. The van der Waals surface area contributed by atoms with Gasteiger partial charge in [0.2, 0.25) is 15.7 Å². The van der Waals surface area contributed by atoms with Crippen molar-refractivity contribution in [2.24, 2.45) is 0 Å². The fraction of sp³-hybridized carbons (Fsp3) is 0.150. The van der Waals surface area contributed by atoms with Crippen molar-refractivity contribution in [3.63, 3.8) is 0 Å². The number of benzene rings is 2. The standard InChI is InChI=1S/C20H17ClFN3O4S2/c1-11-8-13(6-7-15(11)22)31(28,29)17-9-23-20(25-19(17)27)30-10-18(26)24-16-5-3-4-14(21)12(16)2/h3-9H,10H2,1-2H3,(H,24,26)(H,23,25,27). The van der Waals surface area contributed by atoms with Crippen LogP contribution in [0, 0.1) is 19.7 Å². The molecule has 2 aromatic carbocycles. The molecule has 0 atom stereocenters. The zero-order valence-electron chi connectivity index (χ0n) is 16.4. The van der Waals surface area contributed by atoms with Crippen molar-refractivity contribution in [2.75, 3.05) is 11.1 Å². The highest BCUT2D eigenvalue weighted by atomic mass is 35.5. The SMILES string of the molecule is Cc1cc(S(=O)(=O)c2cnc(SCC(=O)Nc3cccc(Cl)c3C)[nH]c2=O)ccc1F. The average molecular weight is 482 g/mol. The van der Waals surface area contributed by atoms with Gasteiger partial charge in [-0.1, -0.05) is 29.4 Å². The van der Waals surface area contributed by atoms with E-state index in [1.165, 1.54) is 6.92 Å². The third kappa shape index (κ3) is 5.15. The van der Waals surface area contributed by atoms with Crippen LogP contribution in [0.5, 0.6) is 0 Å². The molecule has 0 aliphatic carbocycles. The monoisotopic (exact) mass is 481 g/mol. The molecule has 1 aromatic heterocycles. The molecule has 0 saturated carbocycles. The predicted molar refractivity (Wildman–Crippen MR) is 117 cm³/mol. The number of aromatic amines is 1. The van der Waals surface area contributed by atoms with Crippen molar-refractivity contribution < 1.29 is 17.6 Å². The number of halogens is 2. The second kappa shape index (κ2) is 9.21. The summed E-state index contributed by atoms with van der Waals surface area (Å²) in [5.41, 5.74) is 0.541. The first-order valence-electron chi connectivity index (χ1n) is 8.88. The van der Waals surface area contributed by atoms with Gasteiger partial charge < -0.3 is 10.3 Å². The number of thioether (sulfide) groups is 1. The highest BCUT2D eigenvalue weighted by molar-refractivity contribution is 7.99. The maximum atomic E-state index is 13.4. The molecule has 0 aliphatic heterocycles. The lowest BCUT2D eigenvalue weighted by Crippen LogP contribution is -2.20. The molecule has 0 radical (unpaired) electrons. The fourth-order valence-electron chi connectivity index (χ4n) is 2.61. The first-order valence-corrected chi connectivity index (χ1v) is 11.7. The Hall–Kier alpha value is -2.69. The second-order valence-electron chi connectivity index (χ2n) is 6.55. The normalized spacial score (nSPS) is 11.4. The smallest absolute Gasteiger partial charge is 0.270 e. The van der Waals surface area contributed by atoms with E-state index in [0.717, 1.165) is 41.7 Å². The van der Waals surface area contributed by atoms with Crippen LogP contribution >= 0.6 is 23.4 Å². The van der Waals surface area contributed by atoms with Crippen LogP contribution in [0.4, 0.5) is 10.1 Å². The number of carbonyl (C=O) groups is 1. The quantitative estimate of drug-likeness (QED) is 0.315.